The smallest absolute Gasteiger partial charge is 0.234 e. The standard InChI is InChI=1S/C19H20N6O2S/c1-12-3-4-14-15(9-12)23-19(22-14)28-11-17(26)24-5-7-25(8-6-24)18-16(10-20)21-13(2)27-18/h3-4,9H,5-8,11H2,1-2H3,(H,22,23). The largest absolute Gasteiger partial charge is 0.424 e. The predicted molar refractivity (Wildman–Crippen MR) is 106 cm³/mol. The van der Waals surface area contributed by atoms with E-state index in [-0.39, 0.29) is 5.91 Å². The third-order valence-corrected chi connectivity index (χ3v) is 5.55. The fraction of sp³-hybridized carbons (Fsp3) is 0.368. The number of fused-ring (bicyclic) bond motifs is 1. The Labute approximate surface area is 166 Å². The van der Waals surface area contributed by atoms with Crippen LogP contribution in [0.2, 0.25) is 0 Å². The second kappa shape index (κ2) is 7.56. The molecule has 0 radical (unpaired) electrons. The number of nitrogens with zero attached hydrogens (tertiary/aromatic N) is 5. The molecule has 0 unspecified atom stereocenters. The van der Waals surface area contributed by atoms with Crippen molar-refractivity contribution in [2.24, 2.45) is 0 Å². The lowest BCUT2D eigenvalue weighted by molar-refractivity contribution is -0.128. The van der Waals surface area contributed by atoms with Gasteiger partial charge in [0.1, 0.15) is 6.07 Å². The average Bonchev–Trinajstić information content (AvgIpc) is 3.28. The van der Waals surface area contributed by atoms with E-state index in [0.29, 0.717) is 49.4 Å². The predicted octanol–water partition coefficient (Wildman–Crippen LogP) is 2.48. The number of nitrogens with one attached hydrogen (secondary N) is 1. The van der Waals surface area contributed by atoms with E-state index in [4.69, 9.17) is 4.42 Å². The Balaban J connectivity index is 1.33. The normalized spacial score (nSPS) is 14.5. The molecule has 1 N–H and O–H groups in total. The summed E-state index contributed by atoms with van der Waals surface area (Å²) >= 11 is 1.42. The molecular formula is C19H20N6O2S. The highest BCUT2D eigenvalue weighted by molar-refractivity contribution is 7.99. The van der Waals surface area contributed by atoms with Crippen molar-refractivity contribution in [1.82, 2.24) is 19.9 Å². The molecule has 3 aromatic rings. The van der Waals surface area contributed by atoms with Crippen LogP contribution in [0.15, 0.2) is 27.8 Å². The van der Waals surface area contributed by atoms with Crippen molar-refractivity contribution in [3.8, 4) is 6.07 Å². The van der Waals surface area contributed by atoms with Crippen LogP contribution in [0.1, 0.15) is 17.1 Å². The fourth-order valence-corrected chi connectivity index (χ4v) is 4.04. The number of thioether (sulfide) groups is 1. The molecule has 4 rings (SSSR count). The number of nitriles is 1. The van der Waals surface area contributed by atoms with Crippen LogP contribution < -0.4 is 4.90 Å². The molecule has 0 spiro atoms. The number of aromatic amines is 1. The van der Waals surface area contributed by atoms with Crippen LogP contribution in [0.5, 0.6) is 0 Å². The summed E-state index contributed by atoms with van der Waals surface area (Å²) < 4.78 is 5.56. The molecule has 1 fully saturated rings. The second-order valence-corrected chi connectivity index (χ2v) is 7.68. The minimum Gasteiger partial charge on any atom is -0.424 e. The number of aryl methyl sites for hydroxylation is 2. The zero-order valence-electron chi connectivity index (χ0n) is 15.7. The van der Waals surface area contributed by atoms with Crippen molar-refractivity contribution >= 4 is 34.6 Å². The first-order valence-corrected chi connectivity index (χ1v) is 10.0. The Morgan fingerprint density at radius 1 is 1.29 bits per heavy atom. The summed E-state index contributed by atoms with van der Waals surface area (Å²) in [5.74, 6) is 1.39. The number of amides is 1. The van der Waals surface area contributed by atoms with Crippen molar-refractivity contribution in [2.75, 3.05) is 36.8 Å². The van der Waals surface area contributed by atoms with Crippen LogP contribution in [0.3, 0.4) is 0 Å². The molecule has 3 heterocycles. The van der Waals surface area contributed by atoms with Gasteiger partial charge in [0.2, 0.25) is 17.5 Å². The SMILES string of the molecule is Cc1ccc2nc(SCC(=O)N3CCN(c4oc(C)nc4C#N)CC3)[nH]c2c1. The van der Waals surface area contributed by atoms with Gasteiger partial charge in [0, 0.05) is 33.1 Å². The Hall–Kier alpha value is -2.99. The number of anilines is 1. The van der Waals surface area contributed by atoms with Gasteiger partial charge in [-0.1, -0.05) is 17.8 Å². The topological polar surface area (TPSA) is 102 Å². The monoisotopic (exact) mass is 396 g/mol. The maximum Gasteiger partial charge on any atom is 0.234 e. The van der Waals surface area contributed by atoms with Gasteiger partial charge >= 0.3 is 0 Å². The van der Waals surface area contributed by atoms with Gasteiger partial charge < -0.3 is 19.2 Å². The zero-order valence-corrected chi connectivity index (χ0v) is 16.5. The number of oxazole rings is 1. The molecular weight excluding hydrogens is 376 g/mol. The van der Waals surface area contributed by atoms with Gasteiger partial charge in [-0.3, -0.25) is 4.79 Å². The first kappa shape index (κ1) is 18.4. The van der Waals surface area contributed by atoms with Crippen molar-refractivity contribution in [3.63, 3.8) is 0 Å². The second-order valence-electron chi connectivity index (χ2n) is 6.72. The van der Waals surface area contributed by atoms with Gasteiger partial charge in [0.25, 0.3) is 0 Å². The van der Waals surface area contributed by atoms with E-state index in [9.17, 15) is 10.1 Å². The highest BCUT2D eigenvalue weighted by Crippen LogP contribution is 2.24. The molecule has 9 heteroatoms. The Bertz CT molecular complexity index is 1060. The number of carbonyl (C=O) groups excluding carboxylic acids is 1. The number of hydrogen-bond acceptors (Lipinski definition) is 7. The molecule has 8 nitrogen and oxygen atoms in total. The van der Waals surface area contributed by atoms with Crippen molar-refractivity contribution in [3.05, 3.63) is 35.3 Å². The van der Waals surface area contributed by atoms with Crippen LogP contribution >= 0.6 is 11.8 Å². The lowest BCUT2D eigenvalue weighted by atomic mass is 10.2. The number of carbonyl (C=O) groups is 1. The Morgan fingerprint density at radius 3 is 2.82 bits per heavy atom. The van der Waals surface area contributed by atoms with Crippen LogP contribution in [0.4, 0.5) is 5.88 Å². The Morgan fingerprint density at radius 2 is 2.07 bits per heavy atom. The first-order chi connectivity index (χ1) is 13.5. The van der Waals surface area contributed by atoms with Gasteiger partial charge in [-0.2, -0.15) is 5.26 Å². The molecule has 28 heavy (non-hydrogen) atoms. The summed E-state index contributed by atoms with van der Waals surface area (Å²) in [6, 6.07) is 8.11. The summed E-state index contributed by atoms with van der Waals surface area (Å²) in [5.41, 5.74) is 3.36. The molecule has 0 bridgehead atoms. The number of aromatic nitrogens is 3. The summed E-state index contributed by atoms with van der Waals surface area (Å²) in [7, 11) is 0. The lowest BCUT2D eigenvalue weighted by Crippen LogP contribution is -2.49. The molecule has 1 aromatic carbocycles. The maximum atomic E-state index is 12.6. The van der Waals surface area contributed by atoms with Gasteiger partial charge in [-0.05, 0) is 24.6 Å². The maximum absolute atomic E-state index is 12.6. The molecule has 1 amide bonds. The number of H-pyrrole nitrogens is 1. The molecule has 0 saturated carbocycles. The summed E-state index contributed by atoms with van der Waals surface area (Å²) in [6.45, 7) is 6.16. The van der Waals surface area contributed by atoms with E-state index < -0.39 is 0 Å². The molecule has 1 aliphatic heterocycles. The minimum atomic E-state index is 0.0792. The van der Waals surface area contributed by atoms with Crippen molar-refractivity contribution in [1.29, 1.82) is 5.26 Å². The van der Waals surface area contributed by atoms with Gasteiger partial charge in [0.05, 0.1) is 16.8 Å². The summed E-state index contributed by atoms with van der Waals surface area (Å²) in [4.78, 5) is 28.2. The zero-order chi connectivity index (χ0) is 19.7. The van der Waals surface area contributed by atoms with Crippen LogP contribution in [0, 0.1) is 25.2 Å². The number of hydrogen-bond donors (Lipinski definition) is 1. The van der Waals surface area contributed by atoms with E-state index in [1.54, 1.807) is 6.92 Å². The molecule has 1 saturated heterocycles. The van der Waals surface area contributed by atoms with Crippen molar-refractivity contribution < 1.29 is 9.21 Å². The van der Waals surface area contributed by atoms with Gasteiger partial charge in [-0.25, -0.2) is 9.97 Å². The first-order valence-electron chi connectivity index (χ1n) is 9.03. The van der Waals surface area contributed by atoms with Crippen LogP contribution in [-0.2, 0) is 4.79 Å². The molecule has 1 aliphatic rings. The van der Waals surface area contributed by atoms with Gasteiger partial charge in [0.15, 0.2) is 11.0 Å². The number of imidazole rings is 1. The van der Waals surface area contributed by atoms with Crippen molar-refractivity contribution in [2.45, 2.75) is 19.0 Å². The summed E-state index contributed by atoms with van der Waals surface area (Å²) in [6.07, 6.45) is 0. The van der Waals surface area contributed by atoms with E-state index in [0.717, 1.165) is 16.2 Å². The molecule has 144 valence electrons. The number of piperazine rings is 1. The third-order valence-electron chi connectivity index (χ3n) is 4.69. The molecule has 0 aliphatic carbocycles. The van der Waals surface area contributed by atoms with E-state index >= 15 is 0 Å². The minimum absolute atomic E-state index is 0.0792. The highest BCUT2D eigenvalue weighted by atomic mass is 32.2. The van der Waals surface area contributed by atoms with E-state index in [1.165, 1.54) is 17.3 Å². The Kier molecular flexibility index (Phi) is 4.96. The lowest BCUT2D eigenvalue weighted by Gasteiger charge is -2.34. The molecule has 0 atom stereocenters. The van der Waals surface area contributed by atoms with Crippen LogP contribution in [0.25, 0.3) is 11.0 Å². The van der Waals surface area contributed by atoms with Crippen LogP contribution in [-0.4, -0.2) is 57.7 Å². The number of benzene rings is 1. The number of rotatable bonds is 4. The summed E-state index contributed by atoms with van der Waals surface area (Å²) in [5, 5.41) is 9.93. The fourth-order valence-electron chi connectivity index (χ4n) is 3.25. The third kappa shape index (κ3) is 3.68. The quantitative estimate of drug-likeness (QED) is 0.676. The molecule has 2 aromatic heterocycles. The van der Waals surface area contributed by atoms with Gasteiger partial charge in [-0.15, -0.1) is 0 Å². The van der Waals surface area contributed by atoms with E-state index in [2.05, 4.69) is 21.0 Å². The highest BCUT2D eigenvalue weighted by Gasteiger charge is 2.25. The average molecular weight is 396 g/mol. The van der Waals surface area contributed by atoms with E-state index in [1.807, 2.05) is 34.9 Å².